The molecule has 1 aromatic carbocycles. The molecule has 1 aliphatic rings. The summed E-state index contributed by atoms with van der Waals surface area (Å²) in [6, 6.07) is 11.0. The van der Waals surface area contributed by atoms with Gasteiger partial charge in [-0.25, -0.2) is 0 Å². The first kappa shape index (κ1) is 16.0. The second-order valence-corrected chi connectivity index (χ2v) is 7.95. The highest BCUT2D eigenvalue weighted by atomic mass is 14.7. The van der Waals surface area contributed by atoms with Gasteiger partial charge in [0.05, 0.1) is 5.69 Å². The molecule has 1 heterocycles. The molecule has 23 heavy (non-hydrogen) atoms. The molecule has 0 saturated carbocycles. The van der Waals surface area contributed by atoms with Crippen LogP contribution in [-0.2, 0) is 10.8 Å². The van der Waals surface area contributed by atoms with Crippen LogP contribution in [0.15, 0.2) is 47.7 Å². The Bertz CT molecular complexity index is 806. The van der Waals surface area contributed by atoms with E-state index in [4.69, 9.17) is 0 Å². The summed E-state index contributed by atoms with van der Waals surface area (Å²) in [5.41, 5.74) is 9.54. The van der Waals surface area contributed by atoms with Gasteiger partial charge in [0.15, 0.2) is 0 Å². The van der Waals surface area contributed by atoms with Gasteiger partial charge in [-0.05, 0) is 49.6 Å². The molecule has 0 saturated heterocycles. The standard InChI is InChI=1S/C22H27N/c1-14-11-12-23-19(13-14)17-9-8-10-18-20(17)22(6,7)16(3)15(2)21(18,4)5/h8-13H,1-7H3. The van der Waals surface area contributed by atoms with Crippen LogP contribution in [0.3, 0.4) is 0 Å². The van der Waals surface area contributed by atoms with Gasteiger partial charge >= 0.3 is 0 Å². The van der Waals surface area contributed by atoms with Gasteiger partial charge in [-0.1, -0.05) is 57.0 Å². The van der Waals surface area contributed by atoms with Crippen LogP contribution in [0, 0.1) is 6.92 Å². The Morgan fingerprint density at radius 3 is 2.13 bits per heavy atom. The average molecular weight is 305 g/mol. The largest absolute Gasteiger partial charge is 0.256 e. The van der Waals surface area contributed by atoms with Gasteiger partial charge in [0, 0.05) is 22.6 Å². The quantitative estimate of drug-likeness (QED) is 0.592. The Kier molecular flexibility index (Phi) is 3.51. The SMILES string of the molecule is CC1=C(C)C(C)(C)c2c(-c3cc(C)ccn3)cccc2C1(C)C. The molecule has 0 aliphatic heterocycles. The van der Waals surface area contributed by atoms with E-state index < -0.39 is 0 Å². The van der Waals surface area contributed by atoms with Gasteiger partial charge in [-0.3, -0.25) is 4.98 Å². The number of benzene rings is 1. The summed E-state index contributed by atoms with van der Waals surface area (Å²) in [6.45, 7) is 16.1. The summed E-state index contributed by atoms with van der Waals surface area (Å²) >= 11 is 0. The van der Waals surface area contributed by atoms with Crippen molar-refractivity contribution in [3.63, 3.8) is 0 Å². The summed E-state index contributed by atoms with van der Waals surface area (Å²) in [4.78, 5) is 4.66. The fraction of sp³-hybridized carbons (Fsp3) is 0.409. The molecule has 1 aromatic heterocycles. The van der Waals surface area contributed by atoms with E-state index in [1.54, 1.807) is 0 Å². The smallest absolute Gasteiger partial charge is 0.0707 e. The van der Waals surface area contributed by atoms with Crippen molar-refractivity contribution in [3.05, 3.63) is 64.4 Å². The lowest BCUT2D eigenvalue weighted by Gasteiger charge is -2.45. The van der Waals surface area contributed by atoms with Crippen LogP contribution < -0.4 is 0 Å². The van der Waals surface area contributed by atoms with Crippen molar-refractivity contribution < 1.29 is 0 Å². The molecule has 0 atom stereocenters. The molecule has 120 valence electrons. The molecule has 0 unspecified atom stereocenters. The number of aryl methyl sites for hydroxylation is 1. The minimum Gasteiger partial charge on any atom is -0.256 e. The number of aromatic nitrogens is 1. The summed E-state index contributed by atoms with van der Waals surface area (Å²) in [7, 11) is 0. The van der Waals surface area contributed by atoms with E-state index in [-0.39, 0.29) is 10.8 Å². The zero-order valence-electron chi connectivity index (χ0n) is 15.4. The third kappa shape index (κ3) is 2.25. The zero-order chi connectivity index (χ0) is 17.0. The molecule has 1 heteroatoms. The Balaban J connectivity index is 2.38. The summed E-state index contributed by atoms with van der Waals surface area (Å²) < 4.78 is 0. The minimum absolute atomic E-state index is 0.0248. The number of allylic oxidation sites excluding steroid dienone is 2. The third-order valence-corrected chi connectivity index (χ3v) is 5.99. The van der Waals surface area contributed by atoms with Gasteiger partial charge < -0.3 is 0 Å². The first-order valence-electron chi connectivity index (χ1n) is 8.43. The molecular formula is C22H27N. The first-order chi connectivity index (χ1) is 10.7. The summed E-state index contributed by atoms with van der Waals surface area (Å²) in [5, 5.41) is 0. The van der Waals surface area contributed by atoms with Crippen molar-refractivity contribution in [2.75, 3.05) is 0 Å². The van der Waals surface area contributed by atoms with Crippen molar-refractivity contribution in [2.45, 2.75) is 59.3 Å². The molecule has 3 rings (SSSR count). The number of nitrogens with zero attached hydrogens (tertiary/aromatic N) is 1. The lowest BCUT2D eigenvalue weighted by atomic mass is 9.59. The summed E-state index contributed by atoms with van der Waals surface area (Å²) in [6.07, 6.45) is 1.92. The number of hydrogen-bond acceptors (Lipinski definition) is 1. The van der Waals surface area contributed by atoms with Crippen LogP contribution in [0.2, 0.25) is 0 Å². The van der Waals surface area contributed by atoms with Crippen LogP contribution >= 0.6 is 0 Å². The van der Waals surface area contributed by atoms with E-state index in [2.05, 4.69) is 83.8 Å². The molecule has 0 amide bonds. The van der Waals surface area contributed by atoms with E-state index in [0.29, 0.717) is 0 Å². The number of pyridine rings is 1. The lowest BCUT2D eigenvalue weighted by molar-refractivity contribution is 0.505. The zero-order valence-corrected chi connectivity index (χ0v) is 15.4. The van der Waals surface area contributed by atoms with Gasteiger partial charge in [0.25, 0.3) is 0 Å². The second-order valence-electron chi connectivity index (χ2n) is 7.95. The van der Waals surface area contributed by atoms with Crippen LogP contribution in [0.5, 0.6) is 0 Å². The molecule has 0 N–H and O–H groups in total. The van der Waals surface area contributed by atoms with Crippen molar-refractivity contribution >= 4 is 0 Å². The third-order valence-electron chi connectivity index (χ3n) is 5.99. The van der Waals surface area contributed by atoms with Gasteiger partial charge in [0.1, 0.15) is 0 Å². The summed E-state index contributed by atoms with van der Waals surface area (Å²) in [5.74, 6) is 0. The molecule has 2 aromatic rings. The monoisotopic (exact) mass is 305 g/mol. The normalized spacial score (nSPS) is 18.7. The fourth-order valence-corrected chi connectivity index (χ4v) is 3.97. The molecule has 0 radical (unpaired) electrons. The Labute approximate surface area is 140 Å². The van der Waals surface area contributed by atoms with E-state index in [9.17, 15) is 0 Å². The van der Waals surface area contributed by atoms with Crippen LogP contribution in [0.1, 0.15) is 58.2 Å². The highest BCUT2D eigenvalue weighted by Gasteiger charge is 2.41. The molecule has 0 spiro atoms. The van der Waals surface area contributed by atoms with E-state index >= 15 is 0 Å². The average Bonchev–Trinajstić information content (AvgIpc) is 2.51. The van der Waals surface area contributed by atoms with E-state index in [1.807, 2.05) is 6.20 Å². The number of rotatable bonds is 1. The fourth-order valence-electron chi connectivity index (χ4n) is 3.97. The predicted octanol–water partition coefficient (Wildman–Crippen LogP) is 5.96. The minimum atomic E-state index is 0.0248. The maximum atomic E-state index is 4.66. The predicted molar refractivity (Wildman–Crippen MR) is 98.8 cm³/mol. The van der Waals surface area contributed by atoms with Crippen LogP contribution in [0.4, 0.5) is 0 Å². The van der Waals surface area contributed by atoms with E-state index in [1.165, 1.54) is 33.4 Å². The molecule has 0 bridgehead atoms. The maximum absolute atomic E-state index is 4.66. The Morgan fingerprint density at radius 1 is 0.826 bits per heavy atom. The first-order valence-corrected chi connectivity index (χ1v) is 8.43. The number of fused-ring (bicyclic) bond motifs is 1. The highest BCUT2D eigenvalue weighted by Crippen LogP contribution is 2.51. The Morgan fingerprint density at radius 2 is 1.48 bits per heavy atom. The highest BCUT2D eigenvalue weighted by molar-refractivity contribution is 5.72. The van der Waals surface area contributed by atoms with Crippen LogP contribution in [0.25, 0.3) is 11.3 Å². The lowest BCUT2D eigenvalue weighted by Crippen LogP contribution is -2.36. The van der Waals surface area contributed by atoms with Crippen molar-refractivity contribution in [2.24, 2.45) is 0 Å². The molecule has 0 fully saturated rings. The second kappa shape index (κ2) is 5.06. The molecule has 1 aliphatic carbocycles. The number of hydrogen-bond donors (Lipinski definition) is 0. The van der Waals surface area contributed by atoms with Gasteiger partial charge in [0.2, 0.25) is 0 Å². The topological polar surface area (TPSA) is 12.9 Å². The molecule has 1 nitrogen and oxygen atoms in total. The molecular weight excluding hydrogens is 278 g/mol. The van der Waals surface area contributed by atoms with Crippen molar-refractivity contribution in [1.29, 1.82) is 0 Å². The van der Waals surface area contributed by atoms with Gasteiger partial charge in [-0.2, -0.15) is 0 Å². The van der Waals surface area contributed by atoms with Gasteiger partial charge in [-0.15, -0.1) is 0 Å². The van der Waals surface area contributed by atoms with Crippen molar-refractivity contribution in [1.82, 2.24) is 4.98 Å². The maximum Gasteiger partial charge on any atom is 0.0707 e. The Hall–Kier alpha value is -1.89. The van der Waals surface area contributed by atoms with Crippen molar-refractivity contribution in [3.8, 4) is 11.3 Å². The van der Waals surface area contributed by atoms with Crippen LogP contribution in [-0.4, -0.2) is 4.98 Å². The van der Waals surface area contributed by atoms with E-state index in [0.717, 1.165) is 5.69 Å².